The van der Waals surface area contributed by atoms with E-state index in [9.17, 15) is 0 Å². The van der Waals surface area contributed by atoms with Gasteiger partial charge in [-0.3, -0.25) is 0 Å². The maximum Gasteiger partial charge on any atom is 0.161 e. The van der Waals surface area contributed by atoms with Crippen LogP contribution >= 0.6 is 24.0 Å². The van der Waals surface area contributed by atoms with E-state index in [0.29, 0.717) is 18.2 Å². The zero-order valence-corrected chi connectivity index (χ0v) is 19.5. The molecule has 0 aliphatic heterocycles. The minimum Gasteiger partial charge on any atom is -0.497 e. The molecule has 0 atom stereocenters. The van der Waals surface area contributed by atoms with E-state index in [1.807, 2.05) is 55.5 Å². The average molecular weight is 462 g/mol. The molecule has 6 heteroatoms. The summed E-state index contributed by atoms with van der Waals surface area (Å²) in [6.45, 7) is 4.61. The highest BCUT2D eigenvalue weighted by atomic mass is 35.5. The lowest BCUT2D eigenvalue weighted by Gasteiger charge is -2.14. The predicted molar refractivity (Wildman–Crippen MR) is 129 cm³/mol. The van der Waals surface area contributed by atoms with Crippen LogP contribution < -0.4 is 19.5 Å². The minimum atomic E-state index is 0. The highest BCUT2D eigenvalue weighted by Crippen LogP contribution is 2.30. The second-order valence-corrected chi connectivity index (χ2v) is 7.28. The van der Waals surface area contributed by atoms with Crippen molar-refractivity contribution in [3.8, 4) is 17.2 Å². The summed E-state index contributed by atoms with van der Waals surface area (Å²) in [6, 6.07) is 21.9. The molecule has 166 valence electrons. The maximum absolute atomic E-state index is 6.22. The fraction of sp³-hybridized carbons (Fsp3) is 0.280. The normalized spacial score (nSPS) is 10.3. The first-order chi connectivity index (χ1) is 14.7. The van der Waals surface area contributed by atoms with Crippen molar-refractivity contribution in [3.05, 3.63) is 88.4 Å². The van der Waals surface area contributed by atoms with E-state index in [1.165, 1.54) is 5.56 Å². The van der Waals surface area contributed by atoms with E-state index in [4.69, 9.17) is 25.8 Å². The van der Waals surface area contributed by atoms with Crippen LogP contribution in [0.2, 0.25) is 5.02 Å². The molecule has 0 unspecified atom stereocenters. The van der Waals surface area contributed by atoms with Crippen molar-refractivity contribution in [2.45, 2.75) is 26.5 Å². The summed E-state index contributed by atoms with van der Waals surface area (Å²) in [5.41, 5.74) is 3.38. The van der Waals surface area contributed by atoms with Crippen molar-refractivity contribution >= 4 is 24.0 Å². The molecule has 3 aromatic carbocycles. The van der Waals surface area contributed by atoms with Crippen molar-refractivity contribution in [1.29, 1.82) is 0 Å². The van der Waals surface area contributed by atoms with Crippen LogP contribution in [0.1, 0.15) is 23.6 Å². The van der Waals surface area contributed by atoms with Crippen LogP contribution in [0.3, 0.4) is 0 Å². The van der Waals surface area contributed by atoms with Crippen LogP contribution in [0.4, 0.5) is 0 Å². The van der Waals surface area contributed by atoms with Gasteiger partial charge in [-0.2, -0.15) is 0 Å². The summed E-state index contributed by atoms with van der Waals surface area (Å²) >= 11 is 6.22. The molecule has 31 heavy (non-hydrogen) atoms. The molecule has 0 aromatic heterocycles. The monoisotopic (exact) mass is 461 g/mol. The zero-order chi connectivity index (χ0) is 21.2. The van der Waals surface area contributed by atoms with Crippen molar-refractivity contribution in [2.24, 2.45) is 0 Å². The first kappa shape index (κ1) is 24.9. The van der Waals surface area contributed by atoms with Gasteiger partial charge in [-0.1, -0.05) is 48.0 Å². The van der Waals surface area contributed by atoms with Gasteiger partial charge in [0.1, 0.15) is 12.4 Å². The van der Waals surface area contributed by atoms with Crippen LogP contribution in [0.5, 0.6) is 17.2 Å². The van der Waals surface area contributed by atoms with Gasteiger partial charge in [0.05, 0.1) is 13.7 Å². The third-order valence-corrected chi connectivity index (χ3v) is 5.10. The third-order valence-electron chi connectivity index (χ3n) is 4.73. The number of rotatable bonds is 11. The van der Waals surface area contributed by atoms with Crippen LogP contribution in [-0.2, 0) is 19.6 Å². The molecule has 0 heterocycles. The Balaban J connectivity index is 0.00000341. The molecule has 0 aliphatic rings. The predicted octanol–water partition coefficient (Wildman–Crippen LogP) is 6.08. The number of halogens is 2. The molecule has 0 bridgehead atoms. The van der Waals surface area contributed by atoms with Gasteiger partial charge in [0, 0.05) is 17.1 Å². The van der Waals surface area contributed by atoms with Gasteiger partial charge in [-0.15, -0.1) is 12.4 Å². The molecular formula is C25H29Cl2NO3. The van der Waals surface area contributed by atoms with Gasteiger partial charge in [0.15, 0.2) is 11.5 Å². The number of ether oxygens (including phenoxy) is 3. The Morgan fingerprint density at radius 1 is 0.871 bits per heavy atom. The molecular weight excluding hydrogens is 433 g/mol. The Kier molecular flexibility index (Phi) is 10.5. The molecule has 0 saturated carbocycles. The topological polar surface area (TPSA) is 39.7 Å². The van der Waals surface area contributed by atoms with E-state index >= 15 is 0 Å². The molecule has 0 radical (unpaired) electrons. The molecule has 1 N–H and O–H groups in total. The molecule has 3 aromatic rings. The van der Waals surface area contributed by atoms with Crippen LogP contribution in [0.25, 0.3) is 0 Å². The third kappa shape index (κ3) is 7.66. The molecule has 3 rings (SSSR count). The van der Waals surface area contributed by atoms with E-state index in [2.05, 4.69) is 23.5 Å². The van der Waals surface area contributed by atoms with Crippen molar-refractivity contribution in [1.82, 2.24) is 5.32 Å². The Hall–Kier alpha value is -2.40. The average Bonchev–Trinajstić information content (AvgIpc) is 2.78. The lowest BCUT2D eigenvalue weighted by atomic mass is 10.1. The Bertz CT molecular complexity index is 932. The number of methoxy groups -OCH3 is 1. The summed E-state index contributed by atoms with van der Waals surface area (Å²) in [5.74, 6) is 2.35. The van der Waals surface area contributed by atoms with Gasteiger partial charge in [-0.05, 0) is 61.3 Å². The van der Waals surface area contributed by atoms with Gasteiger partial charge in [0.2, 0.25) is 0 Å². The molecule has 4 nitrogen and oxygen atoms in total. The number of nitrogens with one attached hydrogen (secondary N) is 1. The molecule has 0 aliphatic carbocycles. The fourth-order valence-electron chi connectivity index (χ4n) is 3.08. The second kappa shape index (κ2) is 13.1. The highest BCUT2D eigenvalue weighted by Gasteiger charge is 2.08. The Labute approximate surface area is 195 Å². The molecule has 0 saturated heterocycles. The number of hydrogen-bond acceptors (Lipinski definition) is 4. The summed E-state index contributed by atoms with van der Waals surface area (Å²) in [7, 11) is 1.68. The summed E-state index contributed by atoms with van der Waals surface area (Å²) in [4.78, 5) is 0. The van der Waals surface area contributed by atoms with Gasteiger partial charge in [0.25, 0.3) is 0 Å². The Morgan fingerprint density at radius 2 is 1.61 bits per heavy atom. The lowest BCUT2D eigenvalue weighted by molar-refractivity contribution is 0.269. The van der Waals surface area contributed by atoms with E-state index in [0.717, 1.165) is 47.9 Å². The van der Waals surface area contributed by atoms with Gasteiger partial charge >= 0.3 is 0 Å². The summed E-state index contributed by atoms with van der Waals surface area (Å²) < 4.78 is 17.0. The van der Waals surface area contributed by atoms with Gasteiger partial charge in [-0.25, -0.2) is 0 Å². The first-order valence-electron chi connectivity index (χ1n) is 10.1. The molecule has 0 amide bonds. The molecule has 0 spiro atoms. The SMILES string of the molecule is CCOc1cc(CNCCc2ccc(OC)cc2)ccc1OCc1ccccc1Cl.Cl. The zero-order valence-electron chi connectivity index (χ0n) is 17.9. The van der Waals surface area contributed by atoms with Crippen LogP contribution in [-0.4, -0.2) is 20.3 Å². The maximum atomic E-state index is 6.22. The van der Waals surface area contributed by atoms with Crippen molar-refractivity contribution in [2.75, 3.05) is 20.3 Å². The van der Waals surface area contributed by atoms with Crippen LogP contribution in [0, 0.1) is 0 Å². The fourth-order valence-corrected chi connectivity index (χ4v) is 3.27. The lowest BCUT2D eigenvalue weighted by Crippen LogP contribution is -2.16. The Morgan fingerprint density at radius 3 is 2.32 bits per heavy atom. The number of hydrogen-bond donors (Lipinski definition) is 1. The standard InChI is InChI=1S/C25H28ClNO3.ClH/c1-3-29-25-16-20(17-27-15-14-19-8-11-22(28-2)12-9-19)10-13-24(25)30-18-21-6-4-5-7-23(21)26;/h4-13,16,27H,3,14-15,17-18H2,1-2H3;1H. The highest BCUT2D eigenvalue weighted by molar-refractivity contribution is 6.31. The van der Waals surface area contributed by atoms with E-state index in [-0.39, 0.29) is 12.4 Å². The van der Waals surface area contributed by atoms with Crippen molar-refractivity contribution < 1.29 is 14.2 Å². The van der Waals surface area contributed by atoms with Crippen LogP contribution in [0.15, 0.2) is 66.7 Å². The van der Waals surface area contributed by atoms with Gasteiger partial charge < -0.3 is 19.5 Å². The smallest absolute Gasteiger partial charge is 0.161 e. The molecule has 0 fully saturated rings. The van der Waals surface area contributed by atoms with Crippen molar-refractivity contribution in [3.63, 3.8) is 0 Å². The largest absolute Gasteiger partial charge is 0.497 e. The summed E-state index contributed by atoms with van der Waals surface area (Å²) in [6.07, 6.45) is 0.960. The second-order valence-electron chi connectivity index (χ2n) is 6.87. The van der Waals surface area contributed by atoms with E-state index in [1.54, 1.807) is 7.11 Å². The van der Waals surface area contributed by atoms with E-state index < -0.39 is 0 Å². The summed E-state index contributed by atoms with van der Waals surface area (Å²) in [5, 5.41) is 4.19. The minimum absolute atomic E-state index is 0. The quantitative estimate of drug-likeness (QED) is 0.351. The number of benzene rings is 3. The first-order valence-corrected chi connectivity index (χ1v) is 10.5.